The summed E-state index contributed by atoms with van der Waals surface area (Å²) >= 11 is 0.625. The molecular weight excluding hydrogens is 454 g/mol. The number of benzene rings is 3. The van der Waals surface area contributed by atoms with Crippen molar-refractivity contribution in [2.24, 2.45) is 0 Å². The number of esters is 1. The van der Waals surface area contributed by atoms with Crippen LogP contribution < -0.4 is 10.1 Å². The molecule has 0 bridgehead atoms. The third-order valence-electron chi connectivity index (χ3n) is 5.23. The molecule has 0 radical (unpaired) electrons. The Morgan fingerprint density at radius 1 is 0.824 bits per heavy atom. The normalized spacial score (nSPS) is 17.2. The first kappa shape index (κ1) is 23.3. The minimum atomic E-state index is -1.71. The SMILES string of the molecule is O=C1NC(=O)[C@](Cc2ccc(OCC(=O)c3ccccc3)cc2)(C(=O)OCc2ccccc2)S1. The van der Waals surface area contributed by atoms with E-state index in [1.54, 1.807) is 60.7 Å². The zero-order valence-electron chi connectivity index (χ0n) is 18.1. The number of ether oxygens (including phenoxy) is 2. The molecule has 1 saturated heterocycles. The first-order chi connectivity index (χ1) is 16.5. The summed E-state index contributed by atoms with van der Waals surface area (Å²) in [6.45, 7) is -0.127. The van der Waals surface area contributed by atoms with E-state index in [0.717, 1.165) is 5.56 Å². The van der Waals surface area contributed by atoms with Gasteiger partial charge in [0.1, 0.15) is 12.4 Å². The number of hydrogen-bond acceptors (Lipinski definition) is 7. The summed E-state index contributed by atoms with van der Waals surface area (Å²) in [6.07, 6.45) is -0.0356. The van der Waals surface area contributed by atoms with Crippen LogP contribution in [0.5, 0.6) is 5.75 Å². The van der Waals surface area contributed by atoms with E-state index in [1.165, 1.54) is 0 Å². The Kier molecular flexibility index (Phi) is 7.08. The van der Waals surface area contributed by atoms with Gasteiger partial charge in [0.2, 0.25) is 4.75 Å². The molecule has 7 nitrogen and oxygen atoms in total. The summed E-state index contributed by atoms with van der Waals surface area (Å²) in [5.74, 6) is -1.16. The van der Waals surface area contributed by atoms with E-state index >= 15 is 0 Å². The van der Waals surface area contributed by atoms with Crippen molar-refractivity contribution in [3.63, 3.8) is 0 Å². The molecule has 8 heteroatoms. The van der Waals surface area contributed by atoms with Gasteiger partial charge in [0.15, 0.2) is 12.4 Å². The van der Waals surface area contributed by atoms with Crippen molar-refractivity contribution in [3.8, 4) is 5.75 Å². The summed E-state index contributed by atoms with van der Waals surface area (Å²) in [4.78, 5) is 49.7. The second-order valence-corrected chi connectivity index (χ2v) is 8.90. The molecule has 1 fully saturated rings. The van der Waals surface area contributed by atoms with E-state index < -0.39 is 21.9 Å². The van der Waals surface area contributed by atoms with Crippen molar-refractivity contribution in [2.45, 2.75) is 17.8 Å². The highest BCUT2D eigenvalue weighted by Crippen LogP contribution is 2.37. The lowest BCUT2D eigenvalue weighted by atomic mass is 9.97. The van der Waals surface area contributed by atoms with Crippen molar-refractivity contribution < 1.29 is 28.7 Å². The maximum atomic E-state index is 13.0. The molecule has 172 valence electrons. The van der Waals surface area contributed by atoms with E-state index in [9.17, 15) is 19.2 Å². The zero-order chi connectivity index (χ0) is 24.0. The van der Waals surface area contributed by atoms with Gasteiger partial charge in [-0.25, -0.2) is 4.79 Å². The fourth-order valence-electron chi connectivity index (χ4n) is 3.43. The van der Waals surface area contributed by atoms with E-state index in [-0.39, 0.29) is 25.4 Å². The minimum absolute atomic E-state index is 0.00826. The predicted molar refractivity (Wildman–Crippen MR) is 127 cm³/mol. The van der Waals surface area contributed by atoms with Crippen LogP contribution in [0, 0.1) is 0 Å². The quantitative estimate of drug-likeness (QED) is 0.284. The number of amides is 2. The van der Waals surface area contributed by atoms with Gasteiger partial charge in [0, 0.05) is 12.0 Å². The van der Waals surface area contributed by atoms with Crippen LogP contribution in [0.3, 0.4) is 0 Å². The van der Waals surface area contributed by atoms with E-state index in [2.05, 4.69) is 5.32 Å². The predicted octanol–water partition coefficient (Wildman–Crippen LogP) is 3.96. The summed E-state index contributed by atoms with van der Waals surface area (Å²) in [7, 11) is 0. The van der Waals surface area contributed by atoms with Gasteiger partial charge < -0.3 is 9.47 Å². The first-order valence-electron chi connectivity index (χ1n) is 10.5. The van der Waals surface area contributed by atoms with Crippen LogP contribution in [0.2, 0.25) is 0 Å². The molecule has 3 aromatic rings. The molecule has 0 aromatic heterocycles. The summed E-state index contributed by atoms with van der Waals surface area (Å²) in [5.41, 5.74) is 1.96. The number of carbonyl (C=O) groups is 4. The molecule has 2 amide bonds. The van der Waals surface area contributed by atoms with Gasteiger partial charge in [-0.2, -0.15) is 0 Å². The Hall–Kier alpha value is -3.91. The average molecular weight is 476 g/mol. The van der Waals surface area contributed by atoms with Crippen LogP contribution in [0.4, 0.5) is 4.79 Å². The average Bonchev–Trinajstić information content (AvgIpc) is 3.16. The molecule has 34 heavy (non-hydrogen) atoms. The standard InChI is InChI=1S/C26H21NO6S/c28-22(20-9-5-2-6-10-20)17-32-21-13-11-18(12-14-21)15-26(23(29)27-25(31)34-26)24(30)33-16-19-7-3-1-4-8-19/h1-14H,15-17H2,(H,27,29,31)/t26-/m1/s1. The number of Topliss-reactive ketones (excluding diaryl/α,β-unsaturated/α-hetero) is 1. The second-order valence-electron chi connectivity index (χ2n) is 7.63. The third kappa shape index (κ3) is 5.35. The molecule has 0 unspecified atom stereocenters. The summed E-state index contributed by atoms with van der Waals surface area (Å²) < 4.78 is 9.26. The molecule has 0 aliphatic carbocycles. The van der Waals surface area contributed by atoms with E-state index in [4.69, 9.17) is 9.47 Å². The Balaban J connectivity index is 1.42. The summed E-state index contributed by atoms with van der Waals surface area (Å²) in [6, 6.07) is 24.6. The number of carbonyl (C=O) groups excluding carboxylic acids is 4. The fraction of sp³-hybridized carbons (Fsp3) is 0.154. The van der Waals surface area contributed by atoms with Crippen LogP contribution in [0.25, 0.3) is 0 Å². The maximum absolute atomic E-state index is 13.0. The second kappa shape index (κ2) is 10.4. The Bertz CT molecular complexity index is 1200. The van der Waals surface area contributed by atoms with Gasteiger partial charge in [0.25, 0.3) is 11.1 Å². The molecule has 1 aliphatic rings. The van der Waals surface area contributed by atoms with Crippen LogP contribution in [-0.4, -0.2) is 34.3 Å². The van der Waals surface area contributed by atoms with Gasteiger partial charge in [-0.1, -0.05) is 72.8 Å². The lowest BCUT2D eigenvalue weighted by Crippen LogP contribution is -2.46. The highest BCUT2D eigenvalue weighted by molar-refractivity contribution is 8.16. The lowest BCUT2D eigenvalue weighted by Gasteiger charge is -2.22. The number of thioether (sulfide) groups is 1. The smallest absolute Gasteiger partial charge is 0.333 e. The number of nitrogens with one attached hydrogen (secondary N) is 1. The van der Waals surface area contributed by atoms with Crippen LogP contribution >= 0.6 is 11.8 Å². The molecule has 4 rings (SSSR count). The molecule has 1 heterocycles. The van der Waals surface area contributed by atoms with Crippen molar-refractivity contribution in [1.82, 2.24) is 5.32 Å². The maximum Gasteiger partial charge on any atom is 0.333 e. The van der Waals surface area contributed by atoms with Gasteiger partial charge in [0.05, 0.1) is 0 Å². The van der Waals surface area contributed by atoms with Gasteiger partial charge in [-0.15, -0.1) is 0 Å². The monoisotopic (exact) mass is 475 g/mol. The van der Waals surface area contributed by atoms with E-state index in [1.807, 2.05) is 24.3 Å². The topological polar surface area (TPSA) is 98.8 Å². The van der Waals surface area contributed by atoms with E-state index in [0.29, 0.717) is 28.6 Å². The van der Waals surface area contributed by atoms with Crippen LogP contribution in [0.1, 0.15) is 21.5 Å². The molecule has 1 N–H and O–H groups in total. The van der Waals surface area contributed by atoms with Gasteiger partial charge >= 0.3 is 5.97 Å². The van der Waals surface area contributed by atoms with Crippen molar-refractivity contribution in [3.05, 3.63) is 102 Å². The minimum Gasteiger partial charge on any atom is -0.485 e. The number of ketones is 1. The van der Waals surface area contributed by atoms with Crippen LogP contribution in [0.15, 0.2) is 84.9 Å². The number of imide groups is 1. The highest BCUT2D eigenvalue weighted by Gasteiger charge is 2.55. The Morgan fingerprint density at radius 3 is 2.09 bits per heavy atom. The molecule has 0 spiro atoms. The molecule has 1 atom stereocenters. The fourth-order valence-corrected chi connectivity index (χ4v) is 4.42. The summed E-state index contributed by atoms with van der Waals surface area (Å²) in [5, 5.41) is 1.59. The van der Waals surface area contributed by atoms with Crippen molar-refractivity contribution in [2.75, 3.05) is 6.61 Å². The first-order valence-corrected chi connectivity index (χ1v) is 11.3. The number of rotatable bonds is 9. The Labute approximate surface area is 200 Å². The Morgan fingerprint density at radius 2 is 1.47 bits per heavy atom. The third-order valence-corrected chi connectivity index (χ3v) is 6.37. The van der Waals surface area contributed by atoms with Crippen LogP contribution in [-0.2, 0) is 27.4 Å². The molecular formula is C26H21NO6S. The molecule has 0 saturated carbocycles. The molecule has 3 aromatic carbocycles. The highest BCUT2D eigenvalue weighted by atomic mass is 32.2. The zero-order valence-corrected chi connectivity index (χ0v) is 18.9. The van der Waals surface area contributed by atoms with Crippen molar-refractivity contribution >= 4 is 34.7 Å². The number of hydrogen-bond donors (Lipinski definition) is 1. The van der Waals surface area contributed by atoms with Gasteiger partial charge in [-0.05, 0) is 35.0 Å². The largest absolute Gasteiger partial charge is 0.485 e. The lowest BCUT2D eigenvalue weighted by molar-refractivity contribution is -0.150. The van der Waals surface area contributed by atoms with Gasteiger partial charge in [-0.3, -0.25) is 19.7 Å². The van der Waals surface area contributed by atoms with Crippen molar-refractivity contribution in [1.29, 1.82) is 0 Å². The molecule has 1 aliphatic heterocycles.